The topological polar surface area (TPSA) is 141 Å². The normalized spacial score (nSPS) is 9.40. The van der Waals surface area contributed by atoms with Crippen molar-refractivity contribution >= 4 is 17.9 Å². The summed E-state index contributed by atoms with van der Waals surface area (Å²) in [7, 11) is 0. The quantitative estimate of drug-likeness (QED) is 0.487. The molecule has 9 heteroatoms. The van der Waals surface area contributed by atoms with Gasteiger partial charge in [0.15, 0.2) is 0 Å². The van der Waals surface area contributed by atoms with E-state index in [9.17, 15) is 29.7 Å². The molecular weight excluding hydrogens is 262 g/mol. The van der Waals surface area contributed by atoms with E-state index in [0.29, 0.717) is 0 Å². The molecule has 0 radical (unpaired) electrons. The standard InChI is InChI=1S/C6H8O7.2K/c7-3(8)1-6(13,5(11)12)2-4(9)10;;/h13H,1-2H2,(H,7,8)(H,9,10)(H,11,12);;/q;2*+1/p-3. The van der Waals surface area contributed by atoms with Gasteiger partial charge in [-0.2, -0.15) is 0 Å². The number of rotatable bonds is 5. The summed E-state index contributed by atoms with van der Waals surface area (Å²) >= 11 is 0. The number of hydrogen-bond donors (Lipinski definition) is 1. The maximum atomic E-state index is 10.1. The Kier molecular flexibility index (Phi) is 14.1. The van der Waals surface area contributed by atoms with Crippen LogP contribution < -0.4 is 118 Å². The Balaban J connectivity index is -0.000000720. The van der Waals surface area contributed by atoms with Gasteiger partial charge in [-0.3, -0.25) is 0 Å². The van der Waals surface area contributed by atoms with Crippen LogP contribution in [-0.2, 0) is 14.4 Å². The molecule has 7 nitrogen and oxygen atoms in total. The van der Waals surface area contributed by atoms with E-state index in [2.05, 4.69) is 0 Å². The maximum Gasteiger partial charge on any atom is 1.00 e. The third-order valence-corrected chi connectivity index (χ3v) is 1.25. The van der Waals surface area contributed by atoms with Crippen LogP contribution in [0.25, 0.3) is 0 Å². The second-order valence-electron chi connectivity index (χ2n) is 2.42. The van der Waals surface area contributed by atoms with E-state index in [-0.39, 0.29) is 103 Å². The molecule has 0 amide bonds. The first kappa shape index (κ1) is 21.9. The number of aliphatic hydroxyl groups is 1. The van der Waals surface area contributed by atoms with E-state index in [1.165, 1.54) is 0 Å². The van der Waals surface area contributed by atoms with Crippen molar-refractivity contribution < 1.29 is 138 Å². The molecule has 0 heterocycles. The van der Waals surface area contributed by atoms with E-state index in [1.807, 2.05) is 0 Å². The van der Waals surface area contributed by atoms with E-state index in [1.54, 1.807) is 0 Å². The molecule has 0 saturated heterocycles. The summed E-state index contributed by atoms with van der Waals surface area (Å²) in [4.78, 5) is 30.0. The first-order valence-corrected chi connectivity index (χ1v) is 3.11. The minimum atomic E-state index is -2.97. The monoisotopic (exact) mass is 267 g/mol. The van der Waals surface area contributed by atoms with Crippen molar-refractivity contribution in [1.29, 1.82) is 0 Å². The zero-order chi connectivity index (χ0) is 10.6. The molecule has 0 unspecified atom stereocenters. The van der Waals surface area contributed by atoms with Gasteiger partial charge in [0.2, 0.25) is 0 Å². The summed E-state index contributed by atoms with van der Waals surface area (Å²) in [6.45, 7) is 0. The number of hydrogen-bond acceptors (Lipinski definition) is 7. The van der Waals surface area contributed by atoms with Gasteiger partial charge in [-0.25, -0.2) is 0 Å². The van der Waals surface area contributed by atoms with Crippen molar-refractivity contribution in [2.24, 2.45) is 0 Å². The third-order valence-electron chi connectivity index (χ3n) is 1.25. The van der Waals surface area contributed by atoms with Crippen molar-refractivity contribution in [3.63, 3.8) is 0 Å². The summed E-state index contributed by atoms with van der Waals surface area (Å²) in [5.41, 5.74) is -2.97. The van der Waals surface area contributed by atoms with Crippen LogP contribution in [0, 0.1) is 0 Å². The Labute approximate surface area is 170 Å². The zero-order valence-electron chi connectivity index (χ0n) is 8.31. The summed E-state index contributed by atoms with van der Waals surface area (Å²) < 4.78 is 0. The van der Waals surface area contributed by atoms with E-state index in [4.69, 9.17) is 5.11 Å². The van der Waals surface area contributed by atoms with Crippen LogP contribution in [0.15, 0.2) is 0 Å². The van der Waals surface area contributed by atoms with Crippen LogP contribution in [-0.4, -0.2) is 28.6 Å². The predicted octanol–water partition coefficient (Wildman–Crippen LogP) is -11.2. The number of carbonyl (C=O) groups is 3. The van der Waals surface area contributed by atoms with Gasteiger partial charge in [0.1, 0.15) is 5.60 Å². The number of aliphatic carboxylic acids is 3. The van der Waals surface area contributed by atoms with Gasteiger partial charge >= 0.3 is 103 Å². The van der Waals surface area contributed by atoms with E-state index >= 15 is 0 Å². The molecule has 0 atom stereocenters. The Hall–Kier alpha value is 1.64. The van der Waals surface area contributed by atoms with Gasteiger partial charge in [0, 0.05) is 24.8 Å². The first-order valence-electron chi connectivity index (χ1n) is 3.11. The molecule has 0 saturated carbocycles. The molecule has 0 aliphatic rings. The SMILES string of the molecule is O=C([O-])CC(O)(CC(=O)[O-])C(=O)[O-].[K+].[K+]. The molecule has 74 valence electrons. The molecule has 0 aromatic rings. The summed E-state index contributed by atoms with van der Waals surface area (Å²) in [5, 5.41) is 38.9. The summed E-state index contributed by atoms with van der Waals surface area (Å²) in [6.07, 6.45) is -2.72. The number of carbonyl (C=O) groups excluding carboxylic acids is 3. The van der Waals surface area contributed by atoms with E-state index in [0.717, 1.165) is 0 Å². The van der Waals surface area contributed by atoms with Gasteiger partial charge in [0.25, 0.3) is 0 Å². The Morgan fingerprint density at radius 3 is 1.33 bits per heavy atom. The molecule has 0 aliphatic heterocycles. The molecule has 1 N–H and O–H groups in total. The Morgan fingerprint density at radius 2 is 1.20 bits per heavy atom. The number of carboxylic acids is 3. The minimum Gasteiger partial charge on any atom is -0.550 e. The van der Waals surface area contributed by atoms with Gasteiger partial charge < -0.3 is 34.8 Å². The van der Waals surface area contributed by atoms with Crippen LogP contribution in [0.4, 0.5) is 0 Å². The largest absolute Gasteiger partial charge is 1.00 e. The molecular formula is C6H5K2O7-. The van der Waals surface area contributed by atoms with Gasteiger partial charge in [-0.05, 0) is 0 Å². The third kappa shape index (κ3) is 9.35. The number of carboxylic acid groups (broad SMARTS) is 3. The first-order chi connectivity index (χ1) is 5.78. The smallest absolute Gasteiger partial charge is 0.550 e. The molecule has 0 bridgehead atoms. The average molecular weight is 267 g/mol. The van der Waals surface area contributed by atoms with Gasteiger partial charge in [0.05, 0.1) is 5.97 Å². The van der Waals surface area contributed by atoms with E-state index < -0.39 is 36.4 Å². The van der Waals surface area contributed by atoms with Crippen molar-refractivity contribution in [1.82, 2.24) is 0 Å². The van der Waals surface area contributed by atoms with Crippen molar-refractivity contribution in [3.05, 3.63) is 0 Å². The fraction of sp³-hybridized carbons (Fsp3) is 0.500. The Morgan fingerprint density at radius 1 is 0.933 bits per heavy atom. The molecule has 0 aromatic carbocycles. The van der Waals surface area contributed by atoms with Crippen molar-refractivity contribution in [3.8, 4) is 0 Å². The molecule has 0 fully saturated rings. The summed E-state index contributed by atoms with van der Waals surface area (Å²) in [5.74, 6) is -5.98. The van der Waals surface area contributed by atoms with Crippen LogP contribution in [0.5, 0.6) is 0 Å². The second-order valence-corrected chi connectivity index (χ2v) is 2.42. The fourth-order valence-corrected chi connectivity index (χ4v) is 0.684. The predicted molar refractivity (Wildman–Crippen MR) is 29.2 cm³/mol. The van der Waals surface area contributed by atoms with Crippen LogP contribution >= 0.6 is 0 Å². The molecule has 0 rings (SSSR count). The zero-order valence-corrected chi connectivity index (χ0v) is 14.6. The molecule has 0 aromatic heterocycles. The van der Waals surface area contributed by atoms with Gasteiger partial charge in [-0.1, -0.05) is 0 Å². The minimum absolute atomic E-state index is 0. The van der Waals surface area contributed by atoms with Crippen molar-refractivity contribution in [2.45, 2.75) is 18.4 Å². The van der Waals surface area contributed by atoms with Crippen LogP contribution in [0.2, 0.25) is 0 Å². The second kappa shape index (κ2) is 9.65. The molecule has 15 heavy (non-hydrogen) atoms. The maximum absolute atomic E-state index is 10.1. The van der Waals surface area contributed by atoms with Crippen molar-refractivity contribution in [2.75, 3.05) is 0 Å². The Bertz CT molecular complexity index is 236. The summed E-state index contributed by atoms with van der Waals surface area (Å²) in [6, 6.07) is 0. The molecule has 0 aliphatic carbocycles. The molecule has 0 spiro atoms. The van der Waals surface area contributed by atoms with Crippen LogP contribution in [0.1, 0.15) is 12.8 Å². The van der Waals surface area contributed by atoms with Gasteiger partial charge in [-0.15, -0.1) is 0 Å². The average Bonchev–Trinajstić information content (AvgIpc) is 1.82. The van der Waals surface area contributed by atoms with Crippen LogP contribution in [0.3, 0.4) is 0 Å². The fourth-order valence-electron chi connectivity index (χ4n) is 0.684.